The topological polar surface area (TPSA) is 60.7 Å². The van der Waals surface area contributed by atoms with E-state index >= 15 is 0 Å². The van der Waals surface area contributed by atoms with Crippen LogP contribution in [0.1, 0.15) is 92.4 Å². The lowest BCUT2D eigenvalue weighted by Gasteiger charge is -2.43. The molecule has 30 heavy (non-hydrogen) atoms. The molecule has 0 bridgehead atoms. The molecule has 0 aromatic heterocycles. The monoisotopic (exact) mass is 416 g/mol. The van der Waals surface area contributed by atoms with E-state index in [2.05, 4.69) is 32.1 Å². The first-order valence-electron chi connectivity index (χ1n) is 12.2. The third-order valence-electron chi connectivity index (χ3n) is 8.44. The summed E-state index contributed by atoms with van der Waals surface area (Å²) >= 11 is 0. The van der Waals surface area contributed by atoms with E-state index in [1.165, 1.54) is 31.3 Å². The van der Waals surface area contributed by atoms with Crippen molar-refractivity contribution in [3.05, 3.63) is 34.9 Å². The molecule has 0 heterocycles. The highest BCUT2D eigenvalue weighted by Gasteiger charge is 2.49. The molecule has 3 heteroatoms. The zero-order chi connectivity index (χ0) is 22.1. The van der Waals surface area contributed by atoms with Crippen molar-refractivity contribution in [2.75, 3.05) is 0 Å². The van der Waals surface area contributed by atoms with Crippen molar-refractivity contribution in [2.45, 2.75) is 110 Å². The van der Waals surface area contributed by atoms with Gasteiger partial charge in [-0.25, -0.2) is 0 Å². The molecule has 1 fully saturated rings. The van der Waals surface area contributed by atoms with Gasteiger partial charge in [0.1, 0.15) is 0 Å². The van der Waals surface area contributed by atoms with Crippen molar-refractivity contribution in [1.29, 1.82) is 0 Å². The molecule has 3 aliphatic carbocycles. The smallest absolute Gasteiger partial charge is 0.0777 e. The summed E-state index contributed by atoms with van der Waals surface area (Å²) in [6.07, 6.45) is 15.2. The molecule has 3 aliphatic rings. The summed E-state index contributed by atoms with van der Waals surface area (Å²) < 4.78 is 0. The highest BCUT2D eigenvalue weighted by atomic mass is 16.3. The van der Waals surface area contributed by atoms with Crippen LogP contribution in [-0.2, 0) is 0 Å². The van der Waals surface area contributed by atoms with Crippen LogP contribution in [0.5, 0.6) is 0 Å². The van der Waals surface area contributed by atoms with Crippen molar-refractivity contribution in [3.63, 3.8) is 0 Å². The summed E-state index contributed by atoms with van der Waals surface area (Å²) in [5.41, 5.74) is 3.38. The molecule has 0 spiro atoms. The van der Waals surface area contributed by atoms with Gasteiger partial charge in [0.05, 0.1) is 17.8 Å². The Labute approximate surface area is 184 Å². The molecule has 3 N–H and O–H groups in total. The minimum absolute atomic E-state index is 0.359. The second-order valence-corrected chi connectivity index (χ2v) is 11.3. The largest absolute Gasteiger partial charge is 0.393 e. The molecule has 0 amide bonds. The minimum atomic E-state index is -0.555. The lowest BCUT2D eigenvalue weighted by Crippen LogP contribution is -2.35. The van der Waals surface area contributed by atoms with Gasteiger partial charge >= 0.3 is 0 Å². The average Bonchev–Trinajstić information content (AvgIpc) is 3.00. The molecule has 0 aliphatic heterocycles. The lowest BCUT2D eigenvalue weighted by molar-refractivity contribution is 0.0613. The average molecular weight is 417 g/mol. The van der Waals surface area contributed by atoms with E-state index in [1.807, 2.05) is 20.8 Å². The van der Waals surface area contributed by atoms with Crippen LogP contribution < -0.4 is 0 Å². The predicted molar refractivity (Wildman–Crippen MR) is 124 cm³/mol. The lowest BCUT2D eigenvalue weighted by atomic mass is 9.62. The second kappa shape index (κ2) is 9.30. The summed E-state index contributed by atoms with van der Waals surface area (Å²) in [5.74, 6) is 2.06. The molecule has 3 rings (SSSR count). The number of fused-ring (bicyclic) bond motifs is 1. The number of aliphatic hydroxyl groups excluding tert-OH is 2. The number of rotatable bonds is 7. The molecule has 1 saturated carbocycles. The molecule has 170 valence electrons. The molecule has 0 saturated heterocycles. The number of aliphatic hydroxyl groups is 3. The first-order chi connectivity index (χ1) is 14.0. The molecule has 6 atom stereocenters. The zero-order valence-electron chi connectivity index (χ0n) is 19.8. The maximum Gasteiger partial charge on any atom is 0.0777 e. The summed E-state index contributed by atoms with van der Waals surface area (Å²) in [7, 11) is 0. The molecule has 0 aromatic carbocycles. The Kier molecular flexibility index (Phi) is 7.37. The zero-order valence-corrected chi connectivity index (χ0v) is 19.8. The highest BCUT2D eigenvalue weighted by Crippen LogP contribution is 2.58. The van der Waals surface area contributed by atoms with E-state index in [-0.39, 0.29) is 0 Å². The normalized spacial score (nSPS) is 36.2. The van der Waals surface area contributed by atoms with Crippen molar-refractivity contribution >= 4 is 0 Å². The standard InChI is InChI=1S/C27H44O3/c1-18(8-6-14-26(3,4)30)23-12-13-24-20(9-7-15-27(23,24)5)10-11-21-16-22(28)17-25(29)19(21)2/h9-11,18,22-25,28-30H,6-8,12-17H2,1-5H3/t18?,22-,23-,24-,25?,27-/m1/s1. The van der Waals surface area contributed by atoms with Gasteiger partial charge in [-0.15, -0.1) is 0 Å². The highest BCUT2D eigenvalue weighted by molar-refractivity contribution is 5.37. The fraction of sp³-hybridized carbons (Fsp3) is 0.778. The van der Waals surface area contributed by atoms with Gasteiger partial charge in [-0.2, -0.15) is 0 Å². The van der Waals surface area contributed by atoms with E-state index in [9.17, 15) is 15.3 Å². The van der Waals surface area contributed by atoms with Gasteiger partial charge in [-0.05, 0) is 99.2 Å². The Hall–Kier alpha value is -0.900. The summed E-state index contributed by atoms with van der Waals surface area (Å²) in [5, 5.41) is 30.3. The molecule has 3 nitrogen and oxygen atoms in total. The van der Waals surface area contributed by atoms with Gasteiger partial charge in [0.25, 0.3) is 0 Å². The summed E-state index contributed by atoms with van der Waals surface area (Å²) in [4.78, 5) is 0. The molecule has 0 radical (unpaired) electrons. The molecule has 2 unspecified atom stereocenters. The maximum absolute atomic E-state index is 10.2. The second-order valence-electron chi connectivity index (χ2n) is 11.3. The van der Waals surface area contributed by atoms with Crippen molar-refractivity contribution < 1.29 is 15.3 Å². The Bertz CT molecular complexity index is 695. The van der Waals surface area contributed by atoms with Gasteiger partial charge in [0.2, 0.25) is 0 Å². The Morgan fingerprint density at radius 2 is 1.97 bits per heavy atom. The summed E-state index contributed by atoms with van der Waals surface area (Å²) in [6.45, 7) is 10.8. The fourth-order valence-corrected chi connectivity index (χ4v) is 6.58. The molecular formula is C27H44O3. The summed E-state index contributed by atoms with van der Waals surface area (Å²) in [6, 6.07) is 0. The molecule has 0 aromatic rings. The third-order valence-corrected chi connectivity index (χ3v) is 8.44. The fourth-order valence-electron chi connectivity index (χ4n) is 6.58. The third kappa shape index (κ3) is 5.29. The van der Waals surface area contributed by atoms with E-state index < -0.39 is 17.8 Å². The number of hydrogen-bond acceptors (Lipinski definition) is 3. The van der Waals surface area contributed by atoms with Crippen LogP contribution in [0.15, 0.2) is 34.9 Å². The van der Waals surface area contributed by atoms with Gasteiger partial charge in [0, 0.05) is 6.42 Å². The number of allylic oxidation sites excluding steroid dienone is 4. The van der Waals surface area contributed by atoms with E-state index in [0.717, 1.165) is 36.3 Å². The van der Waals surface area contributed by atoms with Crippen molar-refractivity contribution in [3.8, 4) is 0 Å². The Morgan fingerprint density at radius 1 is 1.23 bits per heavy atom. The van der Waals surface area contributed by atoms with Crippen LogP contribution in [-0.4, -0.2) is 33.1 Å². The SMILES string of the molecule is CC1=C(C=CC2=CCC[C@@]3(C)[C@@H]2CC[C@@H]3C(C)CCCC(C)(C)O)C[C@@H](O)CC1O. The molecular weight excluding hydrogens is 372 g/mol. The van der Waals surface area contributed by atoms with E-state index in [1.54, 1.807) is 0 Å². The Morgan fingerprint density at radius 3 is 2.67 bits per heavy atom. The van der Waals surface area contributed by atoms with Crippen LogP contribution in [0, 0.1) is 23.2 Å². The van der Waals surface area contributed by atoms with E-state index in [0.29, 0.717) is 30.1 Å². The van der Waals surface area contributed by atoms with Crippen LogP contribution in [0.25, 0.3) is 0 Å². The van der Waals surface area contributed by atoms with Gasteiger partial charge < -0.3 is 15.3 Å². The van der Waals surface area contributed by atoms with Gasteiger partial charge in [-0.1, -0.05) is 44.9 Å². The van der Waals surface area contributed by atoms with Crippen LogP contribution in [0.4, 0.5) is 0 Å². The van der Waals surface area contributed by atoms with Crippen LogP contribution in [0.3, 0.4) is 0 Å². The quantitative estimate of drug-likeness (QED) is 0.498. The Balaban J connectivity index is 1.68. The maximum atomic E-state index is 10.2. The van der Waals surface area contributed by atoms with Gasteiger partial charge in [0.15, 0.2) is 0 Å². The van der Waals surface area contributed by atoms with Crippen LogP contribution >= 0.6 is 0 Å². The van der Waals surface area contributed by atoms with Crippen LogP contribution in [0.2, 0.25) is 0 Å². The first kappa shape index (κ1) is 23.8. The number of hydrogen-bond donors (Lipinski definition) is 3. The predicted octanol–water partition coefficient (Wildman–Crippen LogP) is 5.70. The van der Waals surface area contributed by atoms with Crippen molar-refractivity contribution in [2.24, 2.45) is 23.2 Å². The van der Waals surface area contributed by atoms with Gasteiger partial charge in [-0.3, -0.25) is 0 Å². The van der Waals surface area contributed by atoms with E-state index in [4.69, 9.17) is 0 Å². The first-order valence-corrected chi connectivity index (χ1v) is 12.2. The van der Waals surface area contributed by atoms with Crippen molar-refractivity contribution in [1.82, 2.24) is 0 Å². The minimum Gasteiger partial charge on any atom is -0.393 e.